The van der Waals surface area contributed by atoms with Gasteiger partial charge in [-0.1, -0.05) is 6.07 Å². The Morgan fingerprint density at radius 2 is 1.81 bits per heavy atom. The number of furan rings is 1. The molecule has 0 fully saturated rings. The van der Waals surface area contributed by atoms with Crippen molar-refractivity contribution in [2.75, 3.05) is 0 Å². The van der Waals surface area contributed by atoms with Gasteiger partial charge in [0.05, 0.1) is 11.6 Å². The molecule has 0 bridgehead atoms. The highest BCUT2D eigenvalue weighted by molar-refractivity contribution is 6.09. The average molecular weight is 338 g/mol. The maximum Gasteiger partial charge on any atom is 0.161 e. The highest BCUT2D eigenvalue weighted by Crippen LogP contribution is 2.37. The SMILES string of the molecule is Cc1cc(C#N)ccc1-c1nccc2c1oc1cc3c(cc12)CCCC3. The van der Waals surface area contributed by atoms with Crippen LogP contribution in [0.5, 0.6) is 0 Å². The van der Waals surface area contributed by atoms with E-state index in [4.69, 9.17) is 9.68 Å². The van der Waals surface area contributed by atoms with Gasteiger partial charge in [-0.25, -0.2) is 0 Å². The van der Waals surface area contributed by atoms with Crippen molar-refractivity contribution in [1.82, 2.24) is 4.98 Å². The second-order valence-electron chi connectivity index (χ2n) is 7.10. The molecule has 0 saturated heterocycles. The first-order valence-electron chi connectivity index (χ1n) is 9.09. The van der Waals surface area contributed by atoms with Crippen molar-refractivity contribution < 1.29 is 4.42 Å². The zero-order chi connectivity index (χ0) is 17.7. The summed E-state index contributed by atoms with van der Waals surface area (Å²) in [5, 5.41) is 11.4. The summed E-state index contributed by atoms with van der Waals surface area (Å²) in [7, 11) is 0. The van der Waals surface area contributed by atoms with Crippen LogP contribution in [0.4, 0.5) is 0 Å². The number of fused-ring (bicyclic) bond motifs is 4. The summed E-state index contributed by atoms with van der Waals surface area (Å²) in [6, 6.07) is 14.5. The van der Waals surface area contributed by atoms with Gasteiger partial charge >= 0.3 is 0 Å². The molecule has 0 aliphatic heterocycles. The predicted molar refractivity (Wildman–Crippen MR) is 103 cm³/mol. The smallest absolute Gasteiger partial charge is 0.161 e. The molecule has 0 atom stereocenters. The number of hydrogen-bond acceptors (Lipinski definition) is 3. The van der Waals surface area contributed by atoms with E-state index in [1.165, 1.54) is 29.4 Å². The second-order valence-corrected chi connectivity index (χ2v) is 7.10. The first kappa shape index (κ1) is 15.2. The van der Waals surface area contributed by atoms with Gasteiger partial charge in [-0.05, 0) is 79.6 Å². The molecule has 0 unspecified atom stereocenters. The quantitative estimate of drug-likeness (QED) is 0.447. The molecule has 0 saturated carbocycles. The minimum atomic E-state index is 0.663. The fraction of sp³-hybridized carbons (Fsp3) is 0.217. The molecule has 0 spiro atoms. The van der Waals surface area contributed by atoms with Crippen molar-refractivity contribution in [3.8, 4) is 17.3 Å². The number of pyridine rings is 1. The summed E-state index contributed by atoms with van der Waals surface area (Å²) in [6.45, 7) is 2.01. The minimum Gasteiger partial charge on any atom is -0.454 e. The van der Waals surface area contributed by atoms with Crippen molar-refractivity contribution >= 4 is 21.9 Å². The number of nitriles is 1. The van der Waals surface area contributed by atoms with E-state index in [0.717, 1.165) is 46.2 Å². The van der Waals surface area contributed by atoms with Gasteiger partial charge in [0.1, 0.15) is 11.3 Å². The Hall–Kier alpha value is -3.12. The van der Waals surface area contributed by atoms with Crippen molar-refractivity contribution in [3.63, 3.8) is 0 Å². The maximum atomic E-state index is 9.11. The van der Waals surface area contributed by atoms with E-state index < -0.39 is 0 Å². The molecule has 4 aromatic rings. The van der Waals surface area contributed by atoms with Gasteiger partial charge in [-0.2, -0.15) is 5.26 Å². The second kappa shape index (κ2) is 5.71. The van der Waals surface area contributed by atoms with Crippen LogP contribution in [0.2, 0.25) is 0 Å². The van der Waals surface area contributed by atoms with E-state index >= 15 is 0 Å². The number of benzene rings is 2. The number of hydrogen-bond donors (Lipinski definition) is 0. The van der Waals surface area contributed by atoms with Crippen molar-refractivity contribution in [1.29, 1.82) is 5.26 Å². The number of aromatic nitrogens is 1. The van der Waals surface area contributed by atoms with E-state index in [0.29, 0.717) is 5.56 Å². The van der Waals surface area contributed by atoms with Crippen LogP contribution in [0, 0.1) is 18.3 Å². The van der Waals surface area contributed by atoms with Crippen LogP contribution < -0.4 is 0 Å². The molecule has 0 amide bonds. The van der Waals surface area contributed by atoms with Gasteiger partial charge in [0.25, 0.3) is 0 Å². The largest absolute Gasteiger partial charge is 0.454 e. The van der Waals surface area contributed by atoms with Crippen molar-refractivity contribution in [2.45, 2.75) is 32.6 Å². The Bertz CT molecular complexity index is 1210. The summed E-state index contributed by atoms with van der Waals surface area (Å²) >= 11 is 0. The minimum absolute atomic E-state index is 0.663. The van der Waals surface area contributed by atoms with Crippen LogP contribution in [-0.2, 0) is 12.8 Å². The third kappa shape index (κ3) is 2.23. The third-order valence-corrected chi connectivity index (χ3v) is 5.46. The van der Waals surface area contributed by atoms with Crippen LogP contribution in [0.1, 0.15) is 35.1 Å². The van der Waals surface area contributed by atoms with Gasteiger partial charge in [0.2, 0.25) is 0 Å². The summed E-state index contributed by atoms with van der Waals surface area (Å²) in [5.74, 6) is 0. The van der Waals surface area contributed by atoms with Gasteiger partial charge < -0.3 is 4.42 Å². The van der Waals surface area contributed by atoms with E-state index in [-0.39, 0.29) is 0 Å². The fourth-order valence-corrected chi connectivity index (χ4v) is 4.12. The normalized spacial score (nSPS) is 13.7. The molecule has 5 rings (SSSR count). The Morgan fingerprint density at radius 1 is 1.00 bits per heavy atom. The predicted octanol–water partition coefficient (Wildman–Crippen LogP) is 5.71. The molecule has 2 aromatic carbocycles. The molecule has 1 aliphatic carbocycles. The van der Waals surface area contributed by atoms with Gasteiger partial charge in [-0.15, -0.1) is 0 Å². The number of rotatable bonds is 1. The monoisotopic (exact) mass is 338 g/mol. The molecule has 3 heteroatoms. The maximum absolute atomic E-state index is 9.11. The van der Waals surface area contributed by atoms with Crippen LogP contribution in [-0.4, -0.2) is 4.98 Å². The van der Waals surface area contributed by atoms with E-state index in [1.54, 1.807) is 0 Å². The molecule has 26 heavy (non-hydrogen) atoms. The Morgan fingerprint density at radius 3 is 2.58 bits per heavy atom. The van der Waals surface area contributed by atoms with Crippen LogP contribution in [0.3, 0.4) is 0 Å². The highest BCUT2D eigenvalue weighted by Gasteiger charge is 2.18. The summed E-state index contributed by atoms with van der Waals surface area (Å²) in [6.07, 6.45) is 6.68. The summed E-state index contributed by atoms with van der Waals surface area (Å²) in [4.78, 5) is 4.61. The Kier molecular flexibility index (Phi) is 3.33. The lowest BCUT2D eigenvalue weighted by Crippen LogP contribution is -2.01. The topological polar surface area (TPSA) is 49.8 Å². The standard InChI is InChI=1S/C23H18N2O/c1-14-10-15(13-24)6-7-18(14)22-23-19(8-9-25-22)20-11-16-4-2-3-5-17(16)12-21(20)26-23/h6-12H,2-5H2,1H3. The molecule has 0 radical (unpaired) electrons. The molecule has 3 nitrogen and oxygen atoms in total. The Balaban J connectivity index is 1.78. The van der Waals surface area contributed by atoms with Crippen LogP contribution in [0.15, 0.2) is 47.0 Å². The lowest BCUT2D eigenvalue weighted by molar-refractivity contribution is 0.659. The Labute approximate surface area is 151 Å². The van der Waals surface area contributed by atoms with Crippen LogP contribution >= 0.6 is 0 Å². The number of nitrogens with zero attached hydrogens (tertiary/aromatic N) is 2. The average Bonchev–Trinajstić information content (AvgIpc) is 3.04. The molecule has 1 aliphatic rings. The number of aryl methyl sites for hydroxylation is 3. The highest BCUT2D eigenvalue weighted by atomic mass is 16.3. The third-order valence-electron chi connectivity index (χ3n) is 5.46. The van der Waals surface area contributed by atoms with E-state index in [2.05, 4.69) is 23.2 Å². The van der Waals surface area contributed by atoms with E-state index in [9.17, 15) is 0 Å². The van der Waals surface area contributed by atoms with E-state index in [1.807, 2.05) is 37.4 Å². The van der Waals surface area contributed by atoms with Gasteiger partial charge in [0, 0.05) is 22.5 Å². The lowest BCUT2D eigenvalue weighted by Gasteiger charge is -2.14. The zero-order valence-electron chi connectivity index (χ0n) is 14.7. The molecule has 2 aromatic heterocycles. The molecular formula is C23H18N2O. The van der Waals surface area contributed by atoms with Gasteiger partial charge in [-0.3, -0.25) is 4.98 Å². The summed E-state index contributed by atoms with van der Waals surface area (Å²) < 4.78 is 6.29. The van der Waals surface area contributed by atoms with Gasteiger partial charge in [0.15, 0.2) is 5.58 Å². The van der Waals surface area contributed by atoms with Crippen molar-refractivity contribution in [3.05, 3.63) is 64.8 Å². The summed E-state index contributed by atoms with van der Waals surface area (Å²) in [5.41, 5.74) is 8.21. The first-order chi connectivity index (χ1) is 12.7. The van der Waals surface area contributed by atoms with Crippen LogP contribution in [0.25, 0.3) is 33.2 Å². The molecule has 2 heterocycles. The molecular weight excluding hydrogens is 320 g/mol. The molecule has 126 valence electrons. The zero-order valence-corrected chi connectivity index (χ0v) is 14.7. The first-order valence-corrected chi connectivity index (χ1v) is 9.09. The van der Waals surface area contributed by atoms with Crippen molar-refractivity contribution in [2.24, 2.45) is 0 Å². The fourth-order valence-electron chi connectivity index (χ4n) is 4.12. The lowest BCUT2D eigenvalue weighted by atomic mass is 9.90. The molecule has 0 N–H and O–H groups in total.